The molecule has 3 nitrogen and oxygen atoms in total. The van der Waals surface area contributed by atoms with Crippen LogP contribution in [0.15, 0.2) is 0 Å². The summed E-state index contributed by atoms with van der Waals surface area (Å²) in [5, 5.41) is 3.49. The van der Waals surface area contributed by atoms with Gasteiger partial charge in [-0.1, -0.05) is 20.8 Å². The molecule has 0 atom stereocenters. The summed E-state index contributed by atoms with van der Waals surface area (Å²) in [5.74, 6) is 0.906. The van der Waals surface area contributed by atoms with Crippen molar-refractivity contribution < 1.29 is 4.74 Å². The Balaban J connectivity index is 2.02. The number of nitrogens with one attached hydrogen (secondary N) is 1. The Labute approximate surface area is 113 Å². The highest BCUT2D eigenvalue weighted by Crippen LogP contribution is 2.33. The summed E-state index contributed by atoms with van der Waals surface area (Å²) in [4.78, 5) is 2.60. The van der Waals surface area contributed by atoms with Gasteiger partial charge in [-0.15, -0.1) is 0 Å². The minimum absolute atomic E-state index is 0.491. The number of hydrogen-bond acceptors (Lipinski definition) is 3. The highest BCUT2D eigenvalue weighted by atomic mass is 16.5. The largest absolute Gasteiger partial charge is 0.385 e. The van der Waals surface area contributed by atoms with Crippen molar-refractivity contribution in [3.05, 3.63) is 0 Å². The third-order valence-corrected chi connectivity index (χ3v) is 4.12. The van der Waals surface area contributed by atoms with Crippen LogP contribution in [0.4, 0.5) is 0 Å². The Morgan fingerprint density at radius 3 is 2.39 bits per heavy atom. The van der Waals surface area contributed by atoms with E-state index >= 15 is 0 Å². The van der Waals surface area contributed by atoms with E-state index in [0.29, 0.717) is 5.41 Å². The first-order valence-corrected chi connectivity index (χ1v) is 7.46. The maximum absolute atomic E-state index is 5.03. The monoisotopic (exact) mass is 256 g/mol. The maximum Gasteiger partial charge on any atom is 0.0474 e. The lowest BCUT2D eigenvalue weighted by molar-refractivity contribution is 0.113. The van der Waals surface area contributed by atoms with Crippen LogP contribution in [0, 0.1) is 11.3 Å². The van der Waals surface area contributed by atoms with Crippen LogP contribution in [0.1, 0.15) is 40.0 Å². The number of methoxy groups -OCH3 is 1. The maximum atomic E-state index is 5.03. The van der Waals surface area contributed by atoms with E-state index in [1.165, 1.54) is 32.5 Å². The SMILES string of the molecule is COCCCNCCN1CCC(C(C)(C)C)CC1. The molecule has 0 aliphatic carbocycles. The fourth-order valence-electron chi connectivity index (χ4n) is 2.73. The Hall–Kier alpha value is -0.120. The van der Waals surface area contributed by atoms with Gasteiger partial charge in [-0.2, -0.15) is 0 Å². The van der Waals surface area contributed by atoms with Crippen molar-refractivity contribution in [2.75, 3.05) is 46.4 Å². The highest BCUT2D eigenvalue weighted by Gasteiger charge is 2.28. The van der Waals surface area contributed by atoms with E-state index in [2.05, 4.69) is 31.0 Å². The summed E-state index contributed by atoms with van der Waals surface area (Å²) < 4.78 is 5.03. The molecule has 0 radical (unpaired) electrons. The number of likely N-dealkylation sites (tertiary alicyclic amines) is 1. The fraction of sp³-hybridized carbons (Fsp3) is 1.00. The molecule has 0 spiro atoms. The number of rotatable bonds is 7. The van der Waals surface area contributed by atoms with E-state index in [1.807, 2.05) is 0 Å². The van der Waals surface area contributed by atoms with E-state index in [9.17, 15) is 0 Å². The standard InChI is InChI=1S/C15H32N2O/c1-15(2,3)14-6-10-17(11-7-14)12-9-16-8-5-13-18-4/h14,16H,5-13H2,1-4H3. The van der Waals surface area contributed by atoms with Crippen molar-refractivity contribution in [2.24, 2.45) is 11.3 Å². The zero-order valence-electron chi connectivity index (χ0n) is 12.8. The molecule has 108 valence electrons. The Bertz CT molecular complexity index is 205. The van der Waals surface area contributed by atoms with Gasteiger partial charge in [-0.3, -0.25) is 0 Å². The van der Waals surface area contributed by atoms with Gasteiger partial charge in [0.2, 0.25) is 0 Å². The zero-order chi connectivity index (χ0) is 13.4. The first-order valence-electron chi connectivity index (χ1n) is 7.46. The molecule has 1 aliphatic rings. The molecule has 1 N–H and O–H groups in total. The molecular weight excluding hydrogens is 224 g/mol. The average Bonchev–Trinajstić information content (AvgIpc) is 2.33. The molecule has 0 unspecified atom stereocenters. The quantitative estimate of drug-likeness (QED) is 0.708. The normalized spacial score (nSPS) is 19.3. The molecule has 1 heterocycles. The smallest absolute Gasteiger partial charge is 0.0474 e. The zero-order valence-corrected chi connectivity index (χ0v) is 12.8. The van der Waals surface area contributed by atoms with Gasteiger partial charge >= 0.3 is 0 Å². The van der Waals surface area contributed by atoms with Gasteiger partial charge in [0.15, 0.2) is 0 Å². The van der Waals surface area contributed by atoms with Gasteiger partial charge in [-0.05, 0) is 50.2 Å². The topological polar surface area (TPSA) is 24.5 Å². The molecule has 1 rings (SSSR count). The third-order valence-electron chi connectivity index (χ3n) is 4.12. The summed E-state index contributed by atoms with van der Waals surface area (Å²) in [6, 6.07) is 0. The molecule has 0 aromatic heterocycles. The molecule has 0 aromatic carbocycles. The van der Waals surface area contributed by atoms with Crippen LogP contribution in [0.25, 0.3) is 0 Å². The molecule has 1 fully saturated rings. The lowest BCUT2D eigenvalue weighted by Gasteiger charge is -2.38. The minimum atomic E-state index is 0.491. The van der Waals surface area contributed by atoms with Gasteiger partial charge in [0, 0.05) is 26.8 Å². The van der Waals surface area contributed by atoms with Gasteiger partial charge in [0.25, 0.3) is 0 Å². The van der Waals surface area contributed by atoms with Crippen molar-refractivity contribution in [3.8, 4) is 0 Å². The van der Waals surface area contributed by atoms with E-state index in [1.54, 1.807) is 7.11 Å². The number of hydrogen-bond donors (Lipinski definition) is 1. The highest BCUT2D eigenvalue weighted by molar-refractivity contribution is 4.80. The van der Waals surface area contributed by atoms with Gasteiger partial charge in [0.05, 0.1) is 0 Å². The lowest BCUT2D eigenvalue weighted by atomic mass is 9.75. The molecule has 0 aromatic rings. The van der Waals surface area contributed by atoms with Crippen LogP contribution in [-0.4, -0.2) is 51.3 Å². The molecular formula is C15H32N2O. The van der Waals surface area contributed by atoms with Gasteiger partial charge in [-0.25, -0.2) is 0 Å². The molecule has 1 aliphatic heterocycles. The third kappa shape index (κ3) is 6.17. The molecule has 3 heteroatoms. The van der Waals surface area contributed by atoms with Crippen LogP contribution in [0.5, 0.6) is 0 Å². The molecule has 1 saturated heterocycles. The molecule has 0 bridgehead atoms. The van der Waals surface area contributed by atoms with Crippen LogP contribution in [0.3, 0.4) is 0 Å². The summed E-state index contributed by atoms with van der Waals surface area (Å²) in [5.41, 5.74) is 0.491. The summed E-state index contributed by atoms with van der Waals surface area (Å²) in [6.07, 6.45) is 3.85. The number of nitrogens with zero attached hydrogens (tertiary/aromatic N) is 1. The van der Waals surface area contributed by atoms with Crippen LogP contribution in [-0.2, 0) is 4.74 Å². The Morgan fingerprint density at radius 2 is 1.83 bits per heavy atom. The van der Waals surface area contributed by atoms with Crippen molar-refractivity contribution in [1.82, 2.24) is 10.2 Å². The van der Waals surface area contributed by atoms with Crippen molar-refractivity contribution in [1.29, 1.82) is 0 Å². The van der Waals surface area contributed by atoms with E-state index in [4.69, 9.17) is 4.74 Å². The van der Waals surface area contributed by atoms with Crippen molar-refractivity contribution in [3.63, 3.8) is 0 Å². The molecule has 18 heavy (non-hydrogen) atoms. The first-order chi connectivity index (χ1) is 8.54. The van der Waals surface area contributed by atoms with Gasteiger partial charge in [0.1, 0.15) is 0 Å². The minimum Gasteiger partial charge on any atom is -0.385 e. The fourth-order valence-corrected chi connectivity index (χ4v) is 2.73. The van der Waals surface area contributed by atoms with Gasteiger partial charge < -0.3 is 15.0 Å². The van der Waals surface area contributed by atoms with Crippen LogP contribution < -0.4 is 5.32 Å². The second-order valence-corrected chi connectivity index (χ2v) is 6.58. The predicted octanol–water partition coefficient (Wildman–Crippen LogP) is 2.37. The summed E-state index contributed by atoms with van der Waals surface area (Å²) in [6.45, 7) is 14.0. The summed E-state index contributed by atoms with van der Waals surface area (Å²) in [7, 11) is 1.76. The van der Waals surface area contributed by atoms with Crippen LogP contribution in [0.2, 0.25) is 0 Å². The predicted molar refractivity (Wildman–Crippen MR) is 78.0 cm³/mol. The second-order valence-electron chi connectivity index (χ2n) is 6.58. The average molecular weight is 256 g/mol. The number of piperidine rings is 1. The van der Waals surface area contributed by atoms with E-state index in [0.717, 1.165) is 32.0 Å². The Kier molecular flexibility index (Phi) is 7.20. The second kappa shape index (κ2) is 8.13. The lowest BCUT2D eigenvalue weighted by Crippen LogP contribution is -2.41. The Morgan fingerprint density at radius 1 is 1.17 bits per heavy atom. The molecule has 0 amide bonds. The molecule has 0 saturated carbocycles. The van der Waals surface area contributed by atoms with E-state index in [-0.39, 0.29) is 0 Å². The first kappa shape index (κ1) is 15.9. The number of ether oxygens (including phenoxy) is 1. The van der Waals surface area contributed by atoms with Crippen molar-refractivity contribution >= 4 is 0 Å². The van der Waals surface area contributed by atoms with E-state index < -0.39 is 0 Å². The summed E-state index contributed by atoms with van der Waals surface area (Å²) >= 11 is 0. The van der Waals surface area contributed by atoms with Crippen LogP contribution >= 0.6 is 0 Å². The van der Waals surface area contributed by atoms with Crippen molar-refractivity contribution in [2.45, 2.75) is 40.0 Å².